The number of anilines is 1. The first-order valence-electron chi connectivity index (χ1n) is 7.71. The molecule has 1 aromatic rings. The van der Waals surface area contributed by atoms with E-state index in [-0.39, 0.29) is 0 Å². The Labute approximate surface area is 121 Å². The van der Waals surface area contributed by atoms with Crippen molar-refractivity contribution in [3.63, 3.8) is 0 Å². The highest BCUT2D eigenvalue weighted by Crippen LogP contribution is 2.30. The zero-order chi connectivity index (χ0) is 14.4. The van der Waals surface area contributed by atoms with Crippen LogP contribution < -0.4 is 15.4 Å². The maximum absolute atomic E-state index is 5.95. The molecule has 2 atom stereocenters. The molecule has 0 spiro atoms. The van der Waals surface area contributed by atoms with Gasteiger partial charge < -0.3 is 15.4 Å². The lowest BCUT2D eigenvalue weighted by Crippen LogP contribution is -2.45. The monoisotopic (exact) mass is 278 g/mol. The number of hydrogen-bond acceptors (Lipinski definition) is 5. The quantitative estimate of drug-likeness (QED) is 0.864. The Morgan fingerprint density at radius 1 is 1.30 bits per heavy atom. The summed E-state index contributed by atoms with van der Waals surface area (Å²) in [5.74, 6) is 2.06. The summed E-state index contributed by atoms with van der Waals surface area (Å²) in [6, 6.07) is 0.477. The molecule has 1 aliphatic rings. The molecule has 2 unspecified atom stereocenters. The first-order chi connectivity index (χ1) is 9.80. The van der Waals surface area contributed by atoms with Crippen molar-refractivity contribution >= 4 is 5.82 Å². The lowest BCUT2D eigenvalue weighted by molar-refractivity contribution is 0.297. The third-order valence-corrected chi connectivity index (χ3v) is 4.10. The van der Waals surface area contributed by atoms with Crippen molar-refractivity contribution in [3.05, 3.63) is 12.4 Å². The molecule has 1 aromatic heterocycles. The van der Waals surface area contributed by atoms with Crippen LogP contribution in [0, 0.1) is 5.92 Å². The van der Waals surface area contributed by atoms with Crippen LogP contribution in [0.25, 0.3) is 0 Å². The van der Waals surface area contributed by atoms with Gasteiger partial charge in [-0.1, -0.05) is 12.8 Å². The number of hydrogen-bond donors (Lipinski definition) is 1. The van der Waals surface area contributed by atoms with E-state index in [1.807, 2.05) is 13.1 Å². The van der Waals surface area contributed by atoms with Gasteiger partial charge in [0.15, 0.2) is 5.82 Å². The van der Waals surface area contributed by atoms with Crippen LogP contribution in [0.15, 0.2) is 12.4 Å². The van der Waals surface area contributed by atoms with Gasteiger partial charge in [-0.3, -0.25) is 4.98 Å². The van der Waals surface area contributed by atoms with Crippen LogP contribution in [0.3, 0.4) is 0 Å². The van der Waals surface area contributed by atoms with E-state index in [0.717, 1.165) is 18.9 Å². The van der Waals surface area contributed by atoms with Gasteiger partial charge in [0, 0.05) is 12.6 Å². The van der Waals surface area contributed by atoms with Crippen LogP contribution in [-0.4, -0.2) is 35.7 Å². The highest BCUT2D eigenvalue weighted by atomic mass is 16.5. The van der Waals surface area contributed by atoms with Gasteiger partial charge in [0.2, 0.25) is 5.88 Å². The lowest BCUT2D eigenvalue weighted by atomic mass is 9.83. The summed E-state index contributed by atoms with van der Waals surface area (Å²) in [4.78, 5) is 11.2. The molecule has 1 saturated carbocycles. The summed E-state index contributed by atoms with van der Waals surface area (Å²) >= 11 is 0. The Bertz CT molecular complexity index is 413. The van der Waals surface area contributed by atoms with Gasteiger partial charge in [0.05, 0.1) is 19.0 Å². The molecule has 1 aliphatic carbocycles. The van der Waals surface area contributed by atoms with E-state index in [1.54, 1.807) is 6.20 Å². The van der Waals surface area contributed by atoms with E-state index in [1.165, 1.54) is 25.7 Å². The first kappa shape index (κ1) is 15.0. The van der Waals surface area contributed by atoms with Gasteiger partial charge in [0.1, 0.15) is 0 Å². The van der Waals surface area contributed by atoms with Gasteiger partial charge in [-0.2, -0.15) is 4.98 Å². The molecule has 0 aromatic carbocycles. The van der Waals surface area contributed by atoms with Gasteiger partial charge >= 0.3 is 0 Å². The fourth-order valence-corrected chi connectivity index (χ4v) is 3.13. The molecule has 5 nitrogen and oxygen atoms in total. The smallest absolute Gasteiger partial charge is 0.234 e. The van der Waals surface area contributed by atoms with Crippen molar-refractivity contribution in [2.24, 2.45) is 11.7 Å². The van der Waals surface area contributed by atoms with Crippen molar-refractivity contribution in [2.45, 2.75) is 45.6 Å². The number of rotatable bonds is 6. The maximum atomic E-state index is 5.95. The second kappa shape index (κ2) is 7.43. The van der Waals surface area contributed by atoms with Gasteiger partial charge in [-0.25, -0.2) is 0 Å². The second-order valence-electron chi connectivity index (χ2n) is 5.28. The number of ether oxygens (including phenoxy) is 1. The molecule has 0 aliphatic heterocycles. The van der Waals surface area contributed by atoms with Crippen LogP contribution >= 0.6 is 0 Å². The van der Waals surface area contributed by atoms with Crippen molar-refractivity contribution in [1.82, 2.24) is 9.97 Å². The third kappa shape index (κ3) is 3.39. The van der Waals surface area contributed by atoms with Crippen molar-refractivity contribution in [1.29, 1.82) is 0 Å². The van der Waals surface area contributed by atoms with E-state index in [9.17, 15) is 0 Å². The lowest BCUT2D eigenvalue weighted by Gasteiger charge is -2.39. The molecule has 1 heterocycles. The predicted molar refractivity (Wildman–Crippen MR) is 81.0 cm³/mol. The van der Waals surface area contributed by atoms with Crippen LogP contribution in [0.2, 0.25) is 0 Å². The van der Waals surface area contributed by atoms with Crippen molar-refractivity contribution in [3.8, 4) is 5.88 Å². The van der Waals surface area contributed by atoms with Crippen molar-refractivity contribution in [2.75, 3.05) is 24.6 Å². The minimum Gasteiger partial charge on any atom is -0.477 e. The standard InChI is InChI=1S/C15H26N4O/c1-3-19(13-8-6-5-7-12(13)9-16)14-10-17-11-15(18-14)20-4-2/h10-13H,3-9,16H2,1-2H3. The fraction of sp³-hybridized carbons (Fsp3) is 0.733. The molecule has 112 valence electrons. The van der Waals surface area contributed by atoms with Gasteiger partial charge in [-0.15, -0.1) is 0 Å². The summed E-state index contributed by atoms with van der Waals surface area (Å²) in [6.45, 7) is 6.40. The third-order valence-electron chi connectivity index (χ3n) is 4.10. The number of nitrogens with zero attached hydrogens (tertiary/aromatic N) is 3. The first-order valence-corrected chi connectivity index (χ1v) is 7.71. The Morgan fingerprint density at radius 3 is 2.80 bits per heavy atom. The fourth-order valence-electron chi connectivity index (χ4n) is 3.13. The molecule has 20 heavy (non-hydrogen) atoms. The second-order valence-corrected chi connectivity index (χ2v) is 5.28. The van der Waals surface area contributed by atoms with Crippen LogP contribution in [-0.2, 0) is 0 Å². The Kier molecular flexibility index (Phi) is 5.59. The minimum atomic E-state index is 0.477. The average Bonchev–Trinajstić information content (AvgIpc) is 2.49. The highest BCUT2D eigenvalue weighted by Gasteiger charge is 2.29. The summed E-state index contributed by atoms with van der Waals surface area (Å²) in [5, 5.41) is 0. The molecular weight excluding hydrogens is 252 g/mol. The minimum absolute atomic E-state index is 0.477. The molecule has 2 N–H and O–H groups in total. The molecular formula is C15H26N4O. The summed E-state index contributed by atoms with van der Waals surface area (Å²) in [7, 11) is 0. The van der Waals surface area contributed by atoms with E-state index in [0.29, 0.717) is 24.4 Å². The normalized spacial score (nSPS) is 22.6. The Hall–Kier alpha value is -1.36. The SMILES string of the molecule is CCOc1cncc(N(CC)C2CCCCC2CN)n1. The van der Waals surface area contributed by atoms with E-state index in [4.69, 9.17) is 10.5 Å². The molecule has 1 fully saturated rings. The van der Waals surface area contributed by atoms with Gasteiger partial charge in [-0.05, 0) is 39.2 Å². The summed E-state index contributed by atoms with van der Waals surface area (Å²) < 4.78 is 5.46. The zero-order valence-electron chi connectivity index (χ0n) is 12.6. The topological polar surface area (TPSA) is 64.3 Å². The van der Waals surface area contributed by atoms with Crippen LogP contribution in [0.5, 0.6) is 5.88 Å². The maximum Gasteiger partial charge on any atom is 0.234 e. The predicted octanol–water partition coefficient (Wildman–Crippen LogP) is 2.22. The molecule has 5 heteroatoms. The van der Waals surface area contributed by atoms with Crippen LogP contribution in [0.4, 0.5) is 5.82 Å². The Morgan fingerprint density at radius 2 is 2.10 bits per heavy atom. The van der Waals surface area contributed by atoms with Crippen molar-refractivity contribution < 1.29 is 4.74 Å². The molecule has 0 amide bonds. The molecule has 0 saturated heterocycles. The van der Waals surface area contributed by atoms with E-state index in [2.05, 4.69) is 21.8 Å². The zero-order valence-corrected chi connectivity index (χ0v) is 12.6. The number of aromatic nitrogens is 2. The largest absolute Gasteiger partial charge is 0.477 e. The average molecular weight is 278 g/mol. The van der Waals surface area contributed by atoms with E-state index >= 15 is 0 Å². The molecule has 2 rings (SSSR count). The molecule has 0 bridgehead atoms. The Balaban J connectivity index is 2.19. The molecule has 0 radical (unpaired) electrons. The van der Waals surface area contributed by atoms with Crippen LogP contribution in [0.1, 0.15) is 39.5 Å². The van der Waals surface area contributed by atoms with Gasteiger partial charge in [0.25, 0.3) is 0 Å². The highest BCUT2D eigenvalue weighted by molar-refractivity contribution is 5.39. The van der Waals surface area contributed by atoms with E-state index < -0.39 is 0 Å². The summed E-state index contributed by atoms with van der Waals surface area (Å²) in [6.07, 6.45) is 8.47. The number of nitrogens with two attached hydrogens (primary N) is 1. The summed E-state index contributed by atoms with van der Waals surface area (Å²) in [5.41, 5.74) is 5.95.